The lowest BCUT2D eigenvalue weighted by Crippen LogP contribution is -2.45. The summed E-state index contributed by atoms with van der Waals surface area (Å²) in [5.41, 5.74) is 6.16. The van der Waals surface area contributed by atoms with Crippen molar-refractivity contribution in [3.8, 4) is 0 Å². The van der Waals surface area contributed by atoms with Crippen molar-refractivity contribution < 1.29 is 9.53 Å². The number of fused-ring (bicyclic) bond motifs is 4. The van der Waals surface area contributed by atoms with Gasteiger partial charge in [-0.1, -0.05) is 43.6 Å². The van der Waals surface area contributed by atoms with Gasteiger partial charge in [-0.25, -0.2) is 0 Å². The van der Waals surface area contributed by atoms with Crippen molar-refractivity contribution in [2.24, 2.45) is 22.7 Å². The highest BCUT2D eigenvalue weighted by Gasteiger charge is 2.52. The molecule has 0 aliphatic heterocycles. The van der Waals surface area contributed by atoms with E-state index < -0.39 is 0 Å². The smallest absolute Gasteiger partial charge is 0.302 e. The van der Waals surface area contributed by atoms with Crippen LogP contribution in [0.1, 0.15) is 85.5 Å². The third kappa shape index (κ3) is 2.54. The van der Waals surface area contributed by atoms with Gasteiger partial charge in [0.2, 0.25) is 0 Å². The minimum atomic E-state index is -0.109. The molecule has 2 nitrogen and oxygen atoms in total. The Bertz CT molecular complexity index is 642. The monoisotopic (exact) mass is 342 g/mol. The topological polar surface area (TPSA) is 26.3 Å². The highest BCUT2D eigenvalue weighted by Crippen LogP contribution is 2.63. The Balaban J connectivity index is 1.61. The SMILES string of the molecule is CCC1=CCC2C3=C(CCC12C)C1(C)CCC(OC(C)=O)CC1CC3. The number of hydrogen-bond donors (Lipinski definition) is 0. The fraction of sp³-hybridized carbons (Fsp3) is 0.783. The molecule has 0 aromatic heterocycles. The maximum Gasteiger partial charge on any atom is 0.302 e. The average molecular weight is 343 g/mol. The van der Waals surface area contributed by atoms with Gasteiger partial charge in [0.25, 0.3) is 0 Å². The van der Waals surface area contributed by atoms with Gasteiger partial charge in [-0.15, -0.1) is 0 Å². The van der Waals surface area contributed by atoms with E-state index >= 15 is 0 Å². The van der Waals surface area contributed by atoms with Crippen LogP contribution in [0.25, 0.3) is 0 Å². The van der Waals surface area contributed by atoms with E-state index in [1.165, 1.54) is 44.9 Å². The van der Waals surface area contributed by atoms with E-state index in [0.29, 0.717) is 16.7 Å². The molecule has 0 spiro atoms. The molecule has 0 aromatic carbocycles. The second-order valence-corrected chi connectivity index (χ2v) is 9.45. The molecule has 5 unspecified atom stereocenters. The summed E-state index contributed by atoms with van der Waals surface area (Å²) >= 11 is 0. The molecule has 1 fully saturated rings. The Morgan fingerprint density at radius 2 is 2.00 bits per heavy atom. The minimum Gasteiger partial charge on any atom is -0.463 e. The molecule has 1 saturated carbocycles. The predicted molar refractivity (Wildman–Crippen MR) is 101 cm³/mol. The quantitative estimate of drug-likeness (QED) is 0.456. The Hall–Kier alpha value is -1.05. The number of hydrogen-bond acceptors (Lipinski definition) is 2. The first-order valence-corrected chi connectivity index (χ1v) is 10.5. The zero-order chi connectivity index (χ0) is 17.8. The van der Waals surface area contributed by atoms with E-state index in [1.807, 2.05) is 11.1 Å². The molecular weight excluding hydrogens is 308 g/mol. The maximum absolute atomic E-state index is 11.4. The number of allylic oxidation sites excluding steroid dienone is 4. The van der Waals surface area contributed by atoms with Crippen LogP contribution in [0.5, 0.6) is 0 Å². The molecular formula is C23H34O2. The number of ether oxygens (including phenoxy) is 1. The van der Waals surface area contributed by atoms with Gasteiger partial charge in [-0.05, 0) is 80.5 Å². The molecule has 0 radical (unpaired) electrons. The van der Waals surface area contributed by atoms with Crippen LogP contribution < -0.4 is 0 Å². The first-order chi connectivity index (χ1) is 11.9. The van der Waals surface area contributed by atoms with E-state index in [2.05, 4.69) is 26.8 Å². The molecule has 0 saturated heterocycles. The van der Waals surface area contributed by atoms with E-state index in [9.17, 15) is 4.79 Å². The van der Waals surface area contributed by atoms with Gasteiger partial charge < -0.3 is 4.74 Å². The van der Waals surface area contributed by atoms with Crippen LogP contribution in [0.2, 0.25) is 0 Å². The summed E-state index contributed by atoms with van der Waals surface area (Å²) in [6.45, 7) is 8.95. The van der Waals surface area contributed by atoms with E-state index in [0.717, 1.165) is 18.8 Å². The maximum atomic E-state index is 11.4. The molecule has 0 aromatic rings. The lowest BCUT2D eigenvalue weighted by atomic mass is 9.51. The average Bonchev–Trinajstić information content (AvgIpc) is 2.91. The molecule has 4 aliphatic carbocycles. The van der Waals surface area contributed by atoms with Gasteiger partial charge in [-0.3, -0.25) is 4.79 Å². The lowest BCUT2D eigenvalue weighted by Gasteiger charge is -2.54. The summed E-state index contributed by atoms with van der Waals surface area (Å²) in [5.74, 6) is 1.37. The molecule has 0 N–H and O–H groups in total. The van der Waals surface area contributed by atoms with Crippen molar-refractivity contribution >= 4 is 5.97 Å². The van der Waals surface area contributed by atoms with Gasteiger partial charge >= 0.3 is 5.97 Å². The van der Waals surface area contributed by atoms with Gasteiger partial charge in [-0.2, -0.15) is 0 Å². The summed E-state index contributed by atoms with van der Waals surface area (Å²) in [6, 6.07) is 0. The fourth-order valence-corrected chi connectivity index (χ4v) is 6.99. The van der Waals surface area contributed by atoms with Crippen LogP contribution in [0.15, 0.2) is 22.8 Å². The summed E-state index contributed by atoms with van der Waals surface area (Å²) in [6.07, 6.45) is 13.8. The fourth-order valence-electron chi connectivity index (χ4n) is 6.99. The predicted octanol–water partition coefficient (Wildman–Crippen LogP) is 5.97. The van der Waals surface area contributed by atoms with E-state index in [1.54, 1.807) is 12.5 Å². The largest absolute Gasteiger partial charge is 0.463 e. The summed E-state index contributed by atoms with van der Waals surface area (Å²) in [5, 5.41) is 0. The van der Waals surface area contributed by atoms with Crippen LogP contribution in [0, 0.1) is 22.7 Å². The number of carbonyl (C=O) groups excluding carboxylic acids is 1. The van der Waals surface area contributed by atoms with Gasteiger partial charge in [0.05, 0.1) is 0 Å². The molecule has 138 valence electrons. The summed E-state index contributed by atoms with van der Waals surface area (Å²) in [4.78, 5) is 11.4. The van der Waals surface area contributed by atoms with Crippen molar-refractivity contribution in [3.63, 3.8) is 0 Å². The van der Waals surface area contributed by atoms with Crippen molar-refractivity contribution in [1.82, 2.24) is 0 Å². The van der Waals surface area contributed by atoms with E-state index in [4.69, 9.17) is 4.74 Å². The highest BCUT2D eigenvalue weighted by atomic mass is 16.5. The molecule has 0 bridgehead atoms. The lowest BCUT2D eigenvalue weighted by molar-refractivity contribution is -0.150. The summed E-state index contributed by atoms with van der Waals surface area (Å²) in [7, 11) is 0. The van der Waals surface area contributed by atoms with E-state index in [-0.39, 0.29) is 12.1 Å². The number of rotatable bonds is 2. The Morgan fingerprint density at radius 3 is 2.72 bits per heavy atom. The zero-order valence-corrected chi connectivity index (χ0v) is 16.5. The molecule has 2 heteroatoms. The van der Waals surface area contributed by atoms with Crippen LogP contribution in [-0.2, 0) is 9.53 Å². The van der Waals surface area contributed by atoms with Crippen molar-refractivity contribution in [3.05, 3.63) is 22.8 Å². The first-order valence-electron chi connectivity index (χ1n) is 10.5. The van der Waals surface area contributed by atoms with Gasteiger partial charge in [0, 0.05) is 6.92 Å². The molecule has 0 heterocycles. The third-order valence-electron chi connectivity index (χ3n) is 8.40. The zero-order valence-electron chi connectivity index (χ0n) is 16.5. The van der Waals surface area contributed by atoms with Crippen molar-refractivity contribution in [2.45, 2.75) is 91.6 Å². The number of esters is 1. The minimum absolute atomic E-state index is 0.109. The molecule has 5 atom stereocenters. The van der Waals surface area contributed by atoms with Crippen LogP contribution in [0.3, 0.4) is 0 Å². The van der Waals surface area contributed by atoms with Crippen LogP contribution >= 0.6 is 0 Å². The van der Waals surface area contributed by atoms with Crippen molar-refractivity contribution in [1.29, 1.82) is 0 Å². The number of carbonyl (C=O) groups is 1. The molecule has 0 amide bonds. The standard InChI is InChI=1S/C23H34O2/c1-5-16-7-9-20-19-8-6-17-14-18(25-15(2)24)10-12-23(17,4)21(19)11-13-22(16,20)3/h7,17-18,20H,5-6,8-14H2,1-4H3. The molecule has 4 rings (SSSR count). The Morgan fingerprint density at radius 1 is 1.20 bits per heavy atom. The summed E-state index contributed by atoms with van der Waals surface area (Å²) < 4.78 is 5.57. The Kier molecular flexibility index (Phi) is 4.16. The second-order valence-electron chi connectivity index (χ2n) is 9.45. The van der Waals surface area contributed by atoms with Crippen molar-refractivity contribution in [2.75, 3.05) is 0 Å². The van der Waals surface area contributed by atoms with Gasteiger partial charge in [0.1, 0.15) is 6.10 Å². The highest BCUT2D eigenvalue weighted by molar-refractivity contribution is 5.66. The Labute approximate surface area is 153 Å². The second kappa shape index (κ2) is 5.99. The molecule has 4 aliphatic rings. The first kappa shape index (κ1) is 17.4. The van der Waals surface area contributed by atoms with Crippen LogP contribution in [-0.4, -0.2) is 12.1 Å². The normalized spacial score (nSPS) is 43.0. The molecule has 25 heavy (non-hydrogen) atoms. The third-order valence-corrected chi connectivity index (χ3v) is 8.40. The van der Waals surface area contributed by atoms with Crippen LogP contribution in [0.4, 0.5) is 0 Å². The van der Waals surface area contributed by atoms with Gasteiger partial charge in [0.15, 0.2) is 0 Å².